The molecule has 98 valence electrons. The van der Waals surface area contributed by atoms with Gasteiger partial charge in [0, 0.05) is 6.08 Å². The summed E-state index contributed by atoms with van der Waals surface area (Å²) >= 11 is 0. The summed E-state index contributed by atoms with van der Waals surface area (Å²) in [4.78, 5) is 11.8. The predicted octanol–water partition coefficient (Wildman–Crippen LogP) is 3.48. The van der Waals surface area contributed by atoms with E-state index in [9.17, 15) is 4.79 Å². The molecule has 0 aliphatic carbocycles. The second kappa shape index (κ2) is 6.05. The highest BCUT2D eigenvalue weighted by Gasteiger charge is 2.06. The number of amides is 1. The molecule has 1 heterocycles. The third-order valence-corrected chi connectivity index (χ3v) is 2.82. The van der Waals surface area contributed by atoms with E-state index < -0.39 is 0 Å². The second-order valence-corrected chi connectivity index (χ2v) is 4.42. The third kappa shape index (κ3) is 3.85. The zero-order valence-electron chi connectivity index (χ0n) is 11.1. The molecule has 2 rings (SSSR count). The van der Waals surface area contributed by atoms with E-state index in [1.807, 2.05) is 56.3 Å². The monoisotopic (exact) mass is 255 g/mol. The van der Waals surface area contributed by atoms with Crippen LogP contribution in [-0.2, 0) is 4.79 Å². The molecule has 0 saturated heterocycles. The maximum Gasteiger partial charge on any atom is 0.244 e. The topological polar surface area (TPSA) is 42.2 Å². The molecule has 19 heavy (non-hydrogen) atoms. The lowest BCUT2D eigenvalue weighted by Crippen LogP contribution is -2.24. The minimum atomic E-state index is -0.134. The Labute approximate surface area is 112 Å². The van der Waals surface area contributed by atoms with Gasteiger partial charge in [-0.2, -0.15) is 0 Å². The van der Waals surface area contributed by atoms with Gasteiger partial charge in [0.15, 0.2) is 0 Å². The molecule has 2 aromatic rings. The maximum absolute atomic E-state index is 11.8. The predicted molar refractivity (Wildman–Crippen MR) is 75.5 cm³/mol. The van der Waals surface area contributed by atoms with Crippen LogP contribution in [0.1, 0.15) is 30.0 Å². The molecular formula is C16H17NO2. The molecule has 3 heteroatoms. The fourth-order valence-electron chi connectivity index (χ4n) is 1.79. The van der Waals surface area contributed by atoms with Crippen LogP contribution in [0.2, 0.25) is 0 Å². The Morgan fingerprint density at radius 3 is 2.58 bits per heavy atom. The lowest BCUT2D eigenvalue weighted by atomic mass is 10.1. The SMILES string of the molecule is Cc1ccc(/C=C/C(=O)NC(C)c2ccccc2)o1. The zero-order valence-corrected chi connectivity index (χ0v) is 11.1. The standard InChI is InChI=1S/C16H17NO2/c1-12-8-9-15(19-12)10-11-16(18)17-13(2)14-6-4-3-5-7-14/h3-11,13H,1-2H3,(H,17,18)/b11-10+. The Morgan fingerprint density at radius 2 is 1.95 bits per heavy atom. The minimum Gasteiger partial charge on any atom is -0.462 e. The van der Waals surface area contributed by atoms with Gasteiger partial charge in [-0.3, -0.25) is 4.79 Å². The number of aryl methyl sites for hydroxylation is 1. The van der Waals surface area contributed by atoms with Crippen molar-refractivity contribution in [1.82, 2.24) is 5.32 Å². The average Bonchev–Trinajstić information content (AvgIpc) is 2.83. The van der Waals surface area contributed by atoms with Crippen molar-refractivity contribution in [2.75, 3.05) is 0 Å². The van der Waals surface area contributed by atoms with Crippen LogP contribution in [0.15, 0.2) is 53.0 Å². The van der Waals surface area contributed by atoms with Crippen molar-refractivity contribution in [2.45, 2.75) is 19.9 Å². The van der Waals surface area contributed by atoms with Gasteiger partial charge in [0.1, 0.15) is 11.5 Å². The number of hydrogen-bond donors (Lipinski definition) is 1. The Hall–Kier alpha value is -2.29. The van der Waals surface area contributed by atoms with Gasteiger partial charge in [-0.1, -0.05) is 30.3 Å². The summed E-state index contributed by atoms with van der Waals surface area (Å²) in [7, 11) is 0. The van der Waals surface area contributed by atoms with E-state index in [2.05, 4.69) is 5.32 Å². The fourth-order valence-corrected chi connectivity index (χ4v) is 1.79. The van der Waals surface area contributed by atoms with Crippen molar-refractivity contribution in [1.29, 1.82) is 0 Å². The molecule has 1 aromatic heterocycles. The summed E-state index contributed by atoms with van der Waals surface area (Å²) in [5.74, 6) is 1.38. The van der Waals surface area contributed by atoms with Crippen LogP contribution in [0.3, 0.4) is 0 Å². The van der Waals surface area contributed by atoms with E-state index >= 15 is 0 Å². The molecule has 0 spiro atoms. The van der Waals surface area contributed by atoms with Crippen molar-refractivity contribution in [3.8, 4) is 0 Å². The highest BCUT2D eigenvalue weighted by Crippen LogP contribution is 2.11. The van der Waals surface area contributed by atoms with E-state index in [-0.39, 0.29) is 11.9 Å². The quantitative estimate of drug-likeness (QED) is 0.850. The molecule has 0 radical (unpaired) electrons. The highest BCUT2D eigenvalue weighted by molar-refractivity contribution is 5.91. The lowest BCUT2D eigenvalue weighted by molar-refractivity contribution is -0.117. The van der Waals surface area contributed by atoms with Crippen molar-refractivity contribution < 1.29 is 9.21 Å². The van der Waals surface area contributed by atoms with Crippen LogP contribution < -0.4 is 5.32 Å². The summed E-state index contributed by atoms with van der Waals surface area (Å²) in [5, 5.41) is 2.91. The molecule has 1 unspecified atom stereocenters. The van der Waals surface area contributed by atoms with Crippen molar-refractivity contribution >= 4 is 12.0 Å². The van der Waals surface area contributed by atoms with Gasteiger partial charge in [-0.25, -0.2) is 0 Å². The van der Waals surface area contributed by atoms with Crippen molar-refractivity contribution in [3.05, 3.63) is 65.6 Å². The summed E-state index contributed by atoms with van der Waals surface area (Å²) in [6.07, 6.45) is 3.15. The Kier molecular flexibility index (Phi) is 4.18. The number of benzene rings is 1. The van der Waals surface area contributed by atoms with Crippen LogP contribution in [0.5, 0.6) is 0 Å². The number of hydrogen-bond acceptors (Lipinski definition) is 2. The number of carbonyl (C=O) groups excluding carboxylic acids is 1. The van der Waals surface area contributed by atoms with E-state index in [1.54, 1.807) is 6.08 Å². The number of furan rings is 1. The van der Waals surface area contributed by atoms with E-state index in [1.165, 1.54) is 6.08 Å². The van der Waals surface area contributed by atoms with Gasteiger partial charge < -0.3 is 9.73 Å². The molecule has 1 N–H and O–H groups in total. The van der Waals surface area contributed by atoms with Crippen LogP contribution in [0.25, 0.3) is 6.08 Å². The average molecular weight is 255 g/mol. The zero-order chi connectivity index (χ0) is 13.7. The maximum atomic E-state index is 11.8. The van der Waals surface area contributed by atoms with Crippen molar-refractivity contribution in [2.24, 2.45) is 0 Å². The minimum absolute atomic E-state index is 0.0170. The van der Waals surface area contributed by atoms with E-state index in [4.69, 9.17) is 4.42 Å². The second-order valence-electron chi connectivity index (χ2n) is 4.42. The van der Waals surface area contributed by atoms with Crippen molar-refractivity contribution in [3.63, 3.8) is 0 Å². The number of rotatable bonds is 4. The lowest BCUT2D eigenvalue weighted by Gasteiger charge is -2.12. The van der Waals surface area contributed by atoms with Gasteiger partial charge in [-0.05, 0) is 37.6 Å². The molecule has 0 aliphatic rings. The number of carbonyl (C=O) groups is 1. The first-order valence-electron chi connectivity index (χ1n) is 6.25. The smallest absolute Gasteiger partial charge is 0.244 e. The largest absolute Gasteiger partial charge is 0.462 e. The number of nitrogens with one attached hydrogen (secondary N) is 1. The van der Waals surface area contributed by atoms with Crippen LogP contribution in [0.4, 0.5) is 0 Å². The molecule has 0 fully saturated rings. The summed E-state index contributed by atoms with van der Waals surface area (Å²) in [5.41, 5.74) is 1.08. The van der Waals surface area contributed by atoms with Crippen LogP contribution in [-0.4, -0.2) is 5.91 Å². The molecule has 0 bridgehead atoms. The molecule has 1 amide bonds. The Bertz CT molecular complexity index is 569. The molecule has 0 aliphatic heterocycles. The summed E-state index contributed by atoms with van der Waals surface area (Å²) in [6, 6.07) is 13.5. The van der Waals surface area contributed by atoms with E-state index in [0.29, 0.717) is 5.76 Å². The first-order valence-corrected chi connectivity index (χ1v) is 6.25. The molecule has 1 aromatic carbocycles. The molecular weight excluding hydrogens is 238 g/mol. The van der Waals surface area contributed by atoms with E-state index in [0.717, 1.165) is 11.3 Å². The Balaban J connectivity index is 1.93. The van der Waals surface area contributed by atoms with Gasteiger partial charge in [0.2, 0.25) is 5.91 Å². The molecule has 3 nitrogen and oxygen atoms in total. The molecule has 0 saturated carbocycles. The summed E-state index contributed by atoms with van der Waals surface area (Å²) in [6.45, 7) is 3.83. The fraction of sp³-hybridized carbons (Fsp3) is 0.188. The molecule has 1 atom stereocenters. The normalized spacial score (nSPS) is 12.5. The van der Waals surface area contributed by atoms with Gasteiger partial charge in [0.25, 0.3) is 0 Å². The van der Waals surface area contributed by atoms with Gasteiger partial charge in [-0.15, -0.1) is 0 Å². The first-order chi connectivity index (χ1) is 9.15. The Morgan fingerprint density at radius 1 is 1.21 bits per heavy atom. The third-order valence-electron chi connectivity index (χ3n) is 2.82. The highest BCUT2D eigenvalue weighted by atomic mass is 16.3. The van der Waals surface area contributed by atoms with Crippen LogP contribution >= 0.6 is 0 Å². The van der Waals surface area contributed by atoms with Gasteiger partial charge in [0.05, 0.1) is 6.04 Å². The van der Waals surface area contributed by atoms with Crippen LogP contribution in [0, 0.1) is 6.92 Å². The first kappa shape index (κ1) is 13.1. The summed E-state index contributed by atoms with van der Waals surface area (Å²) < 4.78 is 5.36. The van der Waals surface area contributed by atoms with Gasteiger partial charge >= 0.3 is 0 Å².